The molecule has 1 aromatic rings. The molecule has 25 heavy (non-hydrogen) atoms. The highest BCUT2D eigenvalue weighted by molar-refractivity contribution is 5.48. The summed E-state index contributed by atoms with van der Waals surface area (Å²) in [5.74, 6) is 1.76. The summed E-state index contributed by atoms with van der Waals surface area (Å²) in [5.41, 5.74) is 8.29. The molecular weight excluding hydrogens is 312 g/mol. The molecule has 3 N–H and O–H groups in total. The van der Waals surface area contributed by atoms with Gasteiger partial charge in [-0.3, -0.25) is 4.90 Å². The Morgan fingerprint density at radius 2 is 2.12 bits per heavy atom. The third-order valence-electron chi connectivity index (χ3n) is 7.59. The Morgan fingerprint density at radius 3 is 2.88 bits per heavy atom. The van der Waals surface area contributed by atoms with Gasteiger partial charge in [-0.05, 0) is 80.7 Å². The Kier molecular flexibility index (Phi) is 3.51. The highest BCUT2D eigenvalue weighted by Gasteiger charge is 2.64. The van der Waals surface area contributed by atoms with E-state index in [1.54, 1.807) is 7.11 Å². The van der Waals surface area contributed by atoms with Gasteiger partial charge in [-0.2, -0.15) is 0 Å². The van der Waals surface area contributed by atoms with Gasteiger partial charge in [0.15, 0.2) is 0 Å². The fourth-order valence-corrected chi connectivity index (χ4v) is 6.11. The molecule has 1 heterocycles. The molecule has 4 nitrogen and oxygen atoms in total. The fourth-order valence-electron chi connectivity index (χ4n) is 6.11. The molecular formula is C21H30N2O2. The number of likely N-dealkylation sites (tertiary alicyclic amines) is 1. The van der Waals surface area contributed by atoms with Crippen molar-refractivity contribution in [1.29, 1.82) is 0 Å². The standard InChI is InChI=1S/C21H30N2O2/c1-25-17-5-4-15-10-19-21(24)7-6-16(22)12-20(21,18(15)11-17)8-9-23(19)13-14-2-3-14/h4-5,11,14,16,19,24H,2-3,6-10,12-13,22H2,1H3. The van der Waals surface area contributed by atoms with Crippen LogP contribution in [0.4, 0.5) is 0 Å². The van der Waals surface area contributed by atoms with Crippen LogP contribution >= 0.6 is 0 Å². The van der Waals surface area contributed by atoms with E-state index < -0.39 is 5.60 Å². The first-order valence-corrected chi connectivity index (χ1v) is 9.95. The summed E-state index contributed by atoms with van der Waals surface area (Å²) in [4.78, 5) is 2.61. The van der Waals surface area contributed by atoms with E-state index in [0.717, 1.165) is 50.3 Å². The zero-order valence-electron chi connectivity index (χ0n) is 15.2. The highest BCUT2D eigenvalue weighted by Crippen LogP contribution is 2.58. The summed E-state index contributed by atoms with van der Waals surface area (Å²) in [7, 11) is 1.72. The summed E-state index contributed by atoms with van der Waals surface area (Å²) >= 11 is 0. The molecule has 0 aromatic heterocycles. The van der Waals surface area contributed by atoms with Crippen molar-refractivity contribution in [3.63, 3.8) is 0 Å². The molecule has 4 atom stereocenters. The minimum absolute atomic E-state index is 0.188. The van der Waals surface area contributed by atoms with Crippen molar-refractivity contribution in [2.45, 2.75) is 68.0 Å². The Morgan fingerprint density at radius 1 is 1.28 bits per heavy atom. The van der Waals surface area contributed by atoms with Gasteiger partial charge < -0.3 is 15.6 Å². The van der Waals surface area contributed by atoms with Crippen LogP contribution in [0, 0.1) is 5.92 Å². The van der Waals surface area contributed by atoms with Crippen LogP contribution in [0.5, 0.6) is 5.75 Å². The van der Waals surface area contributed by atoms with Crippen LogP contribution in [0.25, 0.3) is 0 Å². The number of fused-ring (bicyclic) bond motifs is 1. The summed E-state index contributed by atoms with van der Waals surface area (Å²) in [6.07, 6.45) is 7.37. The summed E-state index contributed by atoms with van der Waals surface area (Å²) in [6, 6.07) is 6.92. The lowest BCUT2D eigenvalue weighted by Crippen LogP contribution is -2.74. The van der Waals surface area contributed by atoms with Crippen LogP contribution in [-0.2, 0) is 11.8 Å². The number of ether oxygens (including phenoxy) is 1. The first-order chi connectivity index (χ1) is 12.1. The van der Waals surface area contributed by atoms with Gasteiger partial charge >= 0.3 is 0 Å². The maximum absolute atomic E-state index is 12.1. The van der Waals surface area contributed by atoms with Crippen LogP contribution in [0.1, 0.15) is 49.7 Å². The van der Waals surface area contributed by atoms with Crippen molar-refractivity contribution < 1.29 is 9.84 Å². The zero-order valence-corrected chi connectivity index (χ0v) is 15.2. The predicted octanol–water partition coefficient (Wildman–Crippen LogP) is 2.22. The maximum atomic E-state index is 12.1. The Labute approximate surface area is 150 Å². The first-order valence-electron chi connectivity index (χ1n) is 9.95. The summed E-state index contributed by atoms with van der Waals surface area (Å²) < 4.78 is 5.51. The number of benzene rings is 1. The number of methoxy groups -OCH3 is 1. The largest absolute Gasteiger partial charge is 0.497 e. The van der Waals surface area contributed by atoms with Crippen molar-refractivity contribution in [2.75, 3.05) is 20.2 Å². The smallest absolute Gasteiger partial charge is 0.119 e. The quantitative estimate of drug-likeness (QED) is 0.884. The third kappa shape index (κ3) is 2.23. The van der Waals surface area contributed by atoms with Crippen molar-refractivity contribution in [2.24, 2.45) is 11.7 Å². The highest BCUT2D eigenvalue weighted by atomic mass is 16.5. The Bertz CT molecular complexity index is 688. The molecule has 0 amide bonds. The van der Waals surface area contributed by atoms with Gasteiger partial charge in [-0.25, -0.2) is 0 Å². The van der Waals surface area contributed by atoms with Gasteiger partial charge in [-0.15, -0.1) is 0 Å². The lowest BCUT2D eigenvalue weighted by molar-refractivity contribution is -0.169. The van der Waals surface area contributed by atoms with Gasteiger partial charge in [0.25, 0.3) is 0 Å². The van der Waals surface area contributed by atoms with E-state index in [1.807, 2.05) is 0 Å². The molecule has 2 saturated carbocycles. The number of hydrogen-bond acceptors (Lipinski definition) is 4. The molecule has 0 spiro atoms. The maximum Gasteiger partial charge on any atom is 0.119 e. The predicted molar refractivity (Wildman–Crippen MR) is 97.9 cm³/mol. The van der Waals surface area contributed by atoms with Gasteiger partial charge in [-0.1, -0.05) is 6.07 Å². The lowest BCUT2D eigenvalue weighted by atomic mass is 9.49. The van der Waals surface area contributed by atoms with Crippen LogP contribution < -0.4 is 10.5 Å². The SMILES string of the molecule is COc1ccc2c(c1)C13CCN(CC4CC4)C(C2)C1(O)CCC(N)C3. The Balaban J connectivity index is 1.63. The number of piperidine rings is 1. The molecule has 1 aromatic carbocycles. The van der Waals surface area contributed by atoms with E-state index in [4.69, 9.17) is 10.5 Å². The molecule has 2 bridgehead atoms. The van der Waals surface area contributed by atoms with Crippen LogP contribution in [0.2, 0.25) is 0 Å². The van der Waals surface area contributed by atoms with E-state index in [-0.39, 0.29) is 17.5 Å². The van der Waals surface area contributed by atoms with E-state index >= 15 is 0 Å². The first kappa shape index (κ1) is 16.1. The molecule has 4 heteroatoms. The molecule has 4 unspecified atom stereocenters. The van der Waals surface area contributed by atoms with Crippen LogP contribution in [0.15, 0.2) is 18.2 Å². The second kappa shape index (κ2) is 5.45. The second-order valence-electron chi connectivity index (χ2n) is 8.94. The molecule has 136 valence electrons. The lowest BCUT2D eigenvalue weighted by Gasteiger charge is -2.64. The van der Waals surface area contributed by atoms with Crippen LogP contribution in [0.3, 0.4) is 0 Å². The molecule has 4 aliphatic rings. The Hall–Kier alpha value is -1.10. The van der Waals surface area contributed by atoms with Crippen molar-refractivity contribution in [3.8, 4) is 5.75 Å². The fraction of sp³-hybridized carbons (Fsp3) is 0.714. The minimum Gasteiger partial charge on any atom is -0.497 e. The normalized spacial score (nSPS) is 40.3. The molecule has 3 aliphatic carbocycles. The van der Waals surface area contributed by atoms with E-state index in [0.29, 0.717) is 0 Å². The average molecular weight is 342 g/mol. The van der Waals surface area contributed by atoms with Crippen molar-refractivity contribution >= 4 is 0 Å². The molecule has 0 radical (unpaired) electrons. The van der Waals surface area contributed by atoms with E-state index in [9.17, 15) is 5.11 Å². The molecule has 5 rings (SSSR count). The number of aliphatic hydroxyl groups is 1. The van der Waals surface area contributed by atoms with Crippen molar-refractivity contribution in [1.82, 2.24) is 4.90 Å². The minimum atomic E-state index is -0.643. The van der Waals surface area contributed by atoms with Crippen LogP contribution in [-0.4, -0.2) is 47.9 Å². The number of nitrogens with two attached hydrogens (primary N) is 1. The third-order valence-corrected chi connectivity index (χ3v) is 7.59. The zero-order chi connectivity index (χ0) is 17.2. The van der Waals surface area contributed by atoms with E-state index in [1.165, 1.54) is 30.5 Å². The monoisotopic (exact) mass is 342 g/mol. The summed E-state index contributed by atoms with van der Waals surface area (Å²) in [5, 5.41) is 12.1. The molecule has 1 saturated heterocycles. The topological polar surface area (TPSA) is 58.7 Å². The number of hydrogen-bond donors (Lipinski definition) is 2. The van der Waals surface area contributed by atoms with Gasteiger partial charge in [0, 0.05) is 24.0 Å². The van der Waals surface area contributed by atoms with Gasteiger partial charge in [0.1, 0.15) is 5.75 Å². The molecule has 1 aliphatic heterocycles. The second-order valence-corrected chi connectivity index (χ2v) is 8.94. The van der Waals surface area contributed by atoms with Gasteiger partial charge in [0.05, 0.1) is 12.7 Å². The molecule has 3 fully saturated rings. The number of rotatable bonds is 3. The summed E-state index contributed by atoms with van der Waals surface area (Å²) in [6.45, 7) is 2.26. The van der Waals surface area contributed by atoms with E-state index in [2.05, 4.69) is 23.1 Å². The number of nitrogens with zero attached hydrogens (tertiary/aromatic N) is 1. The van der Waals surface area contributed by atoms with Gasteiger partial charge in [0.2, 0.25) is 0 Å². The average Bonchev–Trinajstić information content (AvgIpc) is 3.42. The van der Waals surface area contributed by atoms with Crippen molar-refractivity contribution in [3.05, 3.63) is 29.3 Å².